The van der Waals surface area contributed by atoms with E-state index in [1.165, 1.54) is 12.0 Å². The Morgan fingerprint density at radius 3 is 2.53 bits per heavy atom. The molecule has 1 aliphatic heterocycles. The van der Waals surface area contributed by atoms with E-state index in [9.17, 15) is 0 Å². The van der Waals surface area contributed by atoms with Crippen molar-refractivity contribution in [3.63, 3.8) is 0 Å². The van der Waals surface area contributed by atoms with Crippen LogP contribution in [0, 0.1) is 0 Å². The Balaban J connectivity index is 1.51. The molecule has 0 saturated carbocycles. The fourth-order valence-corrected chi connectivity index (χ4v) is 4.09. The Kier molecular flexibility index (Phi) is 6.18. The zero-order chi connectivity index (χ0) is 20.9. The molecule has 2 heterocycles. The first-order chi connectivity index (χ1) is 14.7. The highest BCUT2D eigenvalue weighted by molar-refractivity contribution is 5.72. The minimum absolute atomic E-state index is 0.472. The summed E-state index contributed by atoms with van der Waals surface area (Å²) in [6.45, 7) is 2.65. The molecule has 4 rings (SSSR count). The molecule has 0 N–H and O–H groups in total. The van der Waals surface area contributed by atoms with Crippen molar-refractivity contribution in [1.29, 1.82) is 0 Å². The number of piperidine rings is 1. The highest BCUT2D eigenvalue weighted by atomic mass is 16.5. The molecule has 0 amide bonds. The maximum Gasteiger partial charge on any atom is 0.241 e. The summed E-state index contributed by atoms with van der Waals surface area (Å²) in [6.07, 6.45) is 2.36. The Labute approximate surface area is 176 Å². The van der Waals surface area contributed by atoms with E-state index in [-0.39, 0.29) is 0 Å². The molecular weight excluding hydrogens is 382 g/mol. The zero-order valence-corrected chi connectivity index (χ0v) is 17.6. The van der Waals surface area contributed by atoms with Gasteiger partial charge in [0.15, 0.2) is 11.5 Å². The third-order valence-corrected chi connectivity index (χ3v) is 5.55. The SMILES string of the molecule is COc1ccc(-c2noc(CN3CCCC(c4ccccc4)C3)n2)c(OC)c1OC. The Hall–Kier alpha value is -3.06. The second-order valence-electron chi connectivity index (χ2n) is 7.38. The first-order valence-corrected chi connectivity index (χ1v) is 10.1. The summed E-state index contributed by atoms with van der Waals surface area (Å²) < 4.78 is 21.9. The van der Waals surface area contributed by atoms with Crippen molar-refractivity contribution >= 4 is 0 Å². The molecule has 1 aliphatic rings. The molecule has 1 saturated heterocycles. The fourth-order valence-electron chi connectivity index (χ4n) is 4.09. The maximum atomic E-state index is 5.56. The highest BCUT2D eigenvalue weighted by Crippen LogP contribution is 2.43. The predicted molar refractivity (Wildman–Crippen MR) is 113 cm³/mol. The molecule has 7 heteroatoms. The Morgan fingerprint density at radius 1 is 1.00 bits per heavy atom. The van der Waals surface area contributed by atoms with Gasteiger partial charge in [0.05, 0.1) is 33.4 Å². The van der Waals surface area contributed by atoms with Crippen LogP contribution in [0.1, 0.15) is 30.2 Å². The molecule has 0 radical (unpaired) electrons. The Bertz CT molecular complexity index is 974. The number of nitrogens with zero attached hydrogens (tertiary/aromatic N) is 3. The molecule has 1 atom stereocenters. The topological polar surface area (TPSA) is 69.9 Å². The monoisotopic (exact) mass is 409 g/mol. The first-order valence-electron chi connectivity index (χ1n) is 10.1. The summed E-state index contributed by atoms with van der Waals surface area (Å²) in [5.41, 5.74) is 2.09. The maximum absolute atomic E-state index is 5.56. The van der Waals surface area contributed by atoms with E-state index in [0.29, 0.717) is 47.0 Å². The number of benzene rings is 2. The van der Waals surface area contributed by atoms with Crippen LogP contribution in [0.4, 0.5) is 0 Å². The van der Waals surface area contributed by atoms with E-state index >= 15 is 0 Å². The number of ether oxygens (including phenoxy) is 3. The van der Waals surface area contributed by atoms with Crippen LogP contribution >= 0.6 is 0 Å². The molecule has 30 heavy (non-hydrogen) atoms. The number of hydrogen-bond donors (Lipinski definition) is 0. The molecule has 1 unspecified atom stereocenters. The summed E-state index contributed by atoms with van der Waals surface area (Å²) in [6, 6.07) is 14.4. The molecule has 0 spiro atoms. The summed E-state index contributed by atoms with van der Waals surface area (Å²) in [5.74, 6) is 3.21. The number of hydrogen-bond acceptors (Lipinski definition) is 7. The molecule has 7 nitrogen and oxygen atoms in total. The molecule has 1 aromatic heterocycles. The van der Waals surface area contributed by atoms with Crippen LogP contribution in [0.3, 0.4) is 0 Å². The van der Waals surface area contributed by atoms with Crippen molar-refractivity contribution < 1.29 is 18.7 Å². The number of aromatic nitrogens is 2. The minimum atomic E-state index is 0.472. The molecular formula is C23H27N3O4. The average molecular weight is 409 g/mol. The predicted octanol–water partition coefficient (Wildman–Crippen LogP) is 4.14. The fraction of sp³-hybridized carbons (Fsp3) is 0.391. The van der Waals surface area contributed by atoms with Gasteiger partial charge in [0.1, 0.15) is 0 Å². The normalized spacial score (nSPS) is 17.0. The van der Waals surface area contributed by atoms with E-state index in [4.69, 9.17) is 18.7 Å². The van der Waals surface area contributed by atoms with Crippen LogP contribution < -0.4 is 14.2 Å². The quantitative estimate of drug-likeness (QED) is 0.581. The smallest absolute Gasteiger partial charge is 0.241 e. The van der Waals surface area contributed by atoms with Crippen LogP contribution in [-0.2, 0) is 6.54 Å². The average Bonchev–Trinajstić information content (AvgIpc) is 3.26. The van der Waals surface area contributed by atoms with Gasteiger partial charge in [-0.05, 0) is 43.0 Å². The van der Waals surface area contributed by atoms with Crippen molar-refractivity contribution in [3.8, 4) is 28.6 Å². The van der Waals surface area contributed by atoms with Crippen LogP contribution in [0.15, 0.2) is 47.0 Å². The van der Waals surface area contributed by atoms with Crippen LogP contribution in [-0.4, -0.2) is 49.5 Å². The second-order valence-corrected chi connectivity index (χ2v) is 7.38. The summed E-state index contributed by atoms with van der Waals surface area (Å²) in [5, 5.41) is 4.18. The van der Waals surface area contributed by atoms with Gasteiger partial charge in [-0.2, -0.15) is 4.98 Å². The van der Waals surface area contributed by atoms with Crippen LogP contribution in [0.25, 0.3) is 11.4 Å². The van der Waals surface area contributed by atoms with Crippen molar-refractivity contribution in [1.82, 2.24) is 15.0 Å². The second kappa shape index (κ2) is 9.17. The molecule has 158 valence electrons. The lowest BCUT2D eigenvalue weighted by Crippen LogP contribution is -2.33. The van der Waals surface area contributed by atoms with Gasteiger partial charge in [-0.1, -0.05) is 35.5 Å². The van der Waals surface area contributed by atoms with Gasteiger partial charge in [0, 0.05) is 6.54 Å². The number of likely N-dealkylation sites (tertiary alicyclic amines) is 1. The third kappa shape index (κ3) is 4.11. The van der Waals surface area contributed by atoms with Gasteiger partial charge < -0.3 is 18.7 Å². The van der Waals surface area contributed by atoms with Gasteiger partial charge in [0.25, 0.3) is 0 Å². The van der Waals surface area contributed by atoms with Gasteiger partial charge in [-0.25, -0.2) is 0 Å². The highest BCUT2D eigenvalue weighted by Gasteiger charge is 2.24. The molecule has 0 bridgehead atoms. The van der Waals surface area contributed by atoms with Crippen molar-refractivity contribution in [3.05, 3.63) is 53.9 Å². The number of methoxy groups -OCH3 is 3. The van der Waals surface area contributed by atoms with Crippen molar-refractivity contribution in [2.45, 2.75) is 25.3 Å². The first kappa shape index (κ1) is 20.2. The van der Waals surface area contributed by atoms with Gasteiger partial charge in [-0.3, -0.25) is 4.90 Å². The molecule has 2 aromatic carbocycles. The Morgan fingerprint density at radius 2 is 1.80 bits per heavy atom. The van der Waals surface area contributed by atoms with Crippen molar-refractivity contribution in [2.24, 2.45) is 0 Å². The largest absolute Gasteiger partial charge is 0.493 e. The lowest BCUT2D eigenvalue weighted by molar-refractivity contribution is 0.177. The molecule has 1 fully saturated rings. The standard InChI is InChI=1S/C23H27N3O4/c1-27-19-12-11-18(21(28-2)22(19)29-3)23-24-20(30-25-23)15-26-13-7-10-17(14-26)16-8-5-4-6-9-16/h4-6,8-9,11-12,17H,7,10,13-15H2,1-3H3. The van der Waals surface area contributed by atoms with E-state index in [1.807, 2.05) is 12.1 Å². The zero-order valence-electron chi connectivity index (χ0n) is 17.6. The number of rotatable bonds is 7. The van der Waals surface area contributed by atoms with Crippen LogP contribution in [0.2, 0.25) is 0 Å². The van der Waals surface area contributed by atoms with Crippen LogP contribution in [0.5, 0.6) is 17.2 Å². The van der Waals surface area contributed by atoms with Gasteiger partial charge >= 0.3 is 0 Å². The summed E-state index contributed by atoms with van der Waals surface area (Å²) in [4.78, 5) is 7.00. The summed E-state index contributed by atoms with van der Waals surface area (Å²) >= 11 is 0. The van der Waals surface area contributed by atoms with E-state index < -0.39 is 0 Å². The lowest BCUT2D eigenvalue weighted by Gasteiger charge is -2.31. The van der Waals surface area contributed by atoms with E-state index in [1.54, 1.807) is 21.3 Å². The lowest BCUT2D eigenvalue weighted by atomic mass is 9.91. The summed E-state index contributed by atoms with van der Waals surface area (Å²) in [7, 11) is 4.75. The van der Waals surface area contributed by atoms with Gasteiger partial charge in [-0.15, -0.1) is 0 Å². The minimum Gasteiger partial charge on any atom is -0.493 e. The van der Waals surface area contributed by atoms with E-state index in [2.05, 4.69) is 45.4 Å². The molecule has 0 aliphatic carbocycles. The third-order valence-electron chi connectivity index (χ3n) is 5.55. The molecule has 3 aromatic rings. The van der Waals surface area contributed by atoms with Gasteiger partial charge in [0.2, 0.25) is 17.5 Å². The van der Waals surface area contributed by atoms with Crippen molar-refractivity contribution in [2.75, 3.05) is 34.4 Å². The van der Waals surface area contributed by atoms with E-state index in [0.717, 1.165) is 19.5 Å².